The van der Waals surface area contributed by atoms with Crippen LogP contribution in [0.15, 0.2) is 12.2 Å². The number of hydrogen-bond acceptors (Lipinski definition) is 1. The first-order chi connectivity index (χ1) is 5.57. The van der Waals surface area contributed by atoms with Crippen LogP contribution < -0.4 is 0 Å². The Labute approximate surface area is 74.3 Å². The molecule has 2 nitrogen and oxygen atoms in total. The van der Waals surface area contributed by atoms with Crippen LogP contribution in [0.5, 0.6) is 0 Å². The van der Waals surface area contributed by atoms with Gasteiger partial charge in [-0.2, -0.15) is 0 Å². The van der Waals surface area contributed by atoms with Crippen molar-refractivity contribution in [2.75, 3.05) is 0 Å². The molecule has 0 bridgehead atoms. The van der Waals surface area contributed by atoms with Gasteiger partial charge >= 0.3 is 5.97 Å². The van der Waals surface area contributed by atoms with E-state index in [2.05, 4.69) is 13.5 Å². The Morgan fingerprint density at radius 3 is 2.50 bits per heavy atom. The highest BCUT2D eigenvalue weighted by Crippen LogP contribution is 2.16. The highest BCUT2D eigenvalue weighted by molar-refractivity contribution is 5.70. The standard InChI is InChI=1S/C10H18O2/c1-4-5-6-9(10(11)12)7-8(2)3/h9H,2,4-7H2,1,3H3,(H,11,12). The summed E-state index contributed by atoms with van der Waals surface area (Å²) >= 11 is 0. The summed E-state index contributed by atoms with van der Waals surface area (Å²) in [6, 6.07) is 0. The van der Waals surface area contributed by atoms with Gasteiger partial charge in [0.25, 0.3) is 0 Å². The first-order valence-electron chi connectivity index (χ1n) is 4.45. The van der Waals surface area contributed by atoms with Crippen molar-refractivity contribution < 1.29 is 9.90 Å². The molecular formula is C10H18O2. The molecule has 2 heteroatoms. The van der Waals surface area contributed by atoms with Gasteiger partial charge in [-0.15, -0.1) is 6.58 Å². The first kappa shape index (κ1) is 11.2. The van der Waals surface area contributed by atoms with Crippen LogP contribution in [0.1, 0.15) is 39.5 Å². The summed E-state index contributed by atoms with van der Waals surface area (Å²) in [7, 11) is 0. The highest BCUT2D eigenvalue weighted by atomic mass is 16.4. The molecule has 0 radical (unpaired) electrons. The van der Waals surface area contributed by atoms with Crippen molar-refractivity contribution in [3.63, 3.8) is 0 Å². The molecule has 0 spiro atoms. The lowest BCUT2D eigenvalue weighted by Gasteiger charge is -2.10. The van der Waals surface area contributed by atoms with Crippen molar-refractivity contribution in [3.05, 3.63) is 12.2 Å². The number of allylic oxidation sites excluding steroid dienone is 1. The van der Waals surface area contributed by atoms with Crippen molar-refractivity contribution in [2.45, 2.75) is 39.5 Å². The Balaban J connectivity index is 3.87. The third kappa shape index (κ3) is 4.94. The first-order valence-corrected chi connectivity index (χ1v) is 4.45. The van der Waals surface area contributed by atoms with E-state index in [0.717, 1.165) is 24.8 Å². The average molecular weight is 170 g/mol. The molecule has 1 N–H and O–H groups in total. The van der Waals surface area contributed by atoms with E-state index in [0.29, 0.717) is 6.42 Å². The van der Waals surface area contributed by atoms with Crippen molar-refractivity contribution in [2.24, 2.45) is 5.92 Å². The van der Waals surface area contributed by atoms with E-state index in [1.54, 1.807) is 0 Å². The third-order valence-electron chi connectivity index (χ3n) is 1.85. The Morgan fingerprint density at radius 1 is 1.58 bits per heavy atom. The molecule has 0 fully saturated rings. The molecule has 0 aromatic rings. The van der Waals surface area contributed by atoms with Gasteiger partial charge in [-0.3, -0.25) is 4.79 Å². The maximum absolute atomic E-state index is 10.7. The van der Waals surface area contributed by atoms with Crippen molar-refractivity contribution in [1.29, 1.82) is 0 Å². The Kier molecular flexibility index (Phi) is 5.43. The number of carboxylic acids is 1. The average Bonchev–Trinajstić information content (AvgIpc) is 1.96. The maximum atomic E-state index is 10.7. The molecule has 0 rings (SSSR count). The van der Waals surface area contributed by atoms with Gasteiger partial charge in [0.15, 0.2) is 0 Å². The Hall–Kier alpha value is -0.790. The number of carboxylic acid groups (broad SMARTS) is 1. The zero-order valence-corrected chi connectivity index (χ0v) is 7.97. The quantitative estimate of drug-likeness (QED) is 0.622. The molecule has 0 aliphatic heterocycles. The second-order valence-corrected chi connectivity index (χ2v) is 3.34. The number of aliphatic carboxylic acids is 1. The second-order valence-electron chi connectivity index (χ2n) is 3.34. The molecule has 70 valence electrons. The van der Waals surface area contributed by atoms with Gasteiger partial charge in [0.1, 0.15) is 0 Å². The number of hydrogen-bond donors (Lipinski definition) is 1. The van der Waals surface area contributed by atoms with E-state index in [-0.39, 0.29) is 5.92 Å². The number of carbonyl (C=O) groups is 1. The van der Waals surface area contributed by atoms with Gasteiger partial charge < -0.3 is 5.11 Å². The van der Waals surface area contributed by atoms with Crippen molar-refractivity contribution in [3.8, 4) is 0 Å². The van der Waals surface area contributed by atoms with Gasteiger partial charge in [-0.1, -0.05) is 25.3 Å². The lowest BCUT2D eigenvalue weighted by molar-refractivity contribution is -0.141. The minimum absolute atomic E-state index is 0.220. The summed E-state index contributed by atoms with van der Waals surface area (Å²) in [5.74, 6) is -0.908. The van der Waals surface area contributed by atoms with Crippen LogP contribution in [0.25, 0.3) is 0 Å². The molecule has 0 heterocycles. The van der Waals surface area contributed by atoms with Crippen molar-refractivity contribution in [1.82, 2.24) is 0 Å². The fraction of sp³-hybridized carbons (Fsp3) is 0.700. The summed E-state index contributed by atoms with van der Waals surface area (Å²) in [6.45, 7) is 7.67. The van der Waals surface area contributed by atoms with Crippen LogP contribution in [0, 0.1) is 5.92 Å². The molecule has 1 atom stereocenters. The summed E-state index contributed by atoms with van der Waals surface area (Å²) < 4.78 is 0. The molecule has 0 saturated heterocycles. The van der Waals surface area contributed by atoms with Crippen LogP contribution >= 0.6 is 0 Å². The maximum Gasteiger partial charge on any atom is 0.306 e. The molecule has 12 heavy (non-hydrogen) atoms. The van der Waals surface area contributed by atoms with Gasteiger partial charge in [-0.05, 0) is 19.8 Å². The minimum Gasteiger partial charge on any atom is -0.481 e. The van der Waals surface area contributed by atoms with E-state index in [1.165, 1.54) is 0 Å². The molecule has 1 unspecified atom stereocenters. The van der Waals surface area contributed by atoms with Gasteiger partial charge in [-0.25, -0.2) is 0 Å². The molecule has 0 amide bonds. The normalized spacial score (nSPS) is 12.5. The second kappa shape index (κ2) is 5.81. The molecule has 0 saturated carbocycles. The van der Waals surface area contributed by atoms with E-state index in [4.69, 9.17) is 5.11 Å². The summed E-state index contributed by atoms with van der Waals surface area (Å²) in [4.78, 5) is 10.7. The van der Waals surface area contributed by atoms with Gasteiger partial charge in [0.05, 0.1) is 5.92 Å². The molecule has 0 aromatic heterocycles. The zero-order valence-electron chi connectivity index (χ0n) is 7.97. The fourth-order valence-electron chi connectivity index (χ4n) is 1.18. The van der Waals surface area contributed by atoms with E-state index in [1.807, 2.05) is 6.92 Å². The topological polar surface area (TPSA) is 37.3 Å². The lowest BCUT2D eigenvalue weighted by Crippen LogP contribution is -2.13. The monoisotopic (exact) mass is 170 g/mol. The third-order valence-corrected chi connectivity index (χ3v) is 1.85. The van der Waals surface area contributed by atoms with Gasteiger partial charge in [0, 0.05) is 0 Å². The summed E-state index contributed by atoms with van der Waals surface area (Å²) in [6.07, 6.45) is 3.44. The molecule has 0 aromatic carbocycles. The van der Waals surface area contributed by atoms with Crippen LogP contribution in [-0.4, -0.2) is 11.1 Å². The number of unbranched alkanes of at least 4 members (excludes halogenated alkanes) is 1. The Morgan fingerprint density at radius 2 is 2.17 bits per heavy atom. The van der Waals surface area contributed by atoms with Crippen LogP contribution in [0.4, 0.5) is 0 Å². The van der Waals surface area contributed by atoms with Crippen LogP contribution in [0.3, 0.4) is 0 Å². The van der Waals surface area contributed by atoms with Crippen molar-refractivity contribution >= 4 is 5.97 Å². The molecular weight excluding hydrogens is 152 g/mol. The van der Waals surface area contributed by atoms with Gasteiger partial charge in [0.2, 0.25) is 0 Å². The molecule has 0 aliphatic rings. The van der Waals surface area contributed by atoms with E-state index >= 15 is 0 Å². The predicted octanol–water partition coefficient (Wildman–Crippen LogP) is 2.84. The SMILES string of the molecule is C=C(C)CC(CCCC)C(=O)O. The minimum atomic E-state index is -0.688. The summed E-state index contributed by atoms with van der Waals surface area (Å²) in [5, 5.41) is 8.81. The smallest absolute Gasteiger partial charge is 0.306 e. The Bertz CT molecular complexity index is 161. The van der Waals surface area contributed by atoms with Crippen LogP contribution in [-0.2, 0) is 4.79 Å². The van der Waals surface area contributed by atoms with Crippen LogP contribution in [0.2, 0.25) is 0 Å². The highest BCUT2D eigenvalue weighted by Gasteiger charge is 2.15. The largest absolute Gasteiger partial charge is 0.481 e. The summed E-state index contributed by atoms with van der Waals surface area (Å²) in [5.41, 5.74) is 0.957. The zero-order chi connectivity index (χ0) is 9.56. The fourth-order valence-corrected chi connectivity index (χ4v) is 1.18. The lowest BCUT2D eigenvalue weighted by atomic mass is 9.95. The van der Waals surface area contributed by atoms with E-state index < -0.39 is 5.97 Å². The van der Waals surface area contributed by atoms with E-state index in [9.17, 15) is 4.79 Å². The predicted molar refractivity (Wildman–Crippen MR) is 50.1 cm³/mol. The molecule has 0 aliphatic carbocycles. The number of rotatable bonds is 6.